The van der Waals surface area contributed by atoms with Gasteiger partial charge in [0.2, 0.25) is 0 Å². The lowest BCUT2D eigenvalue weighted by Gasteiger charge is -2.26. The van der Waals surface area contributed by atoms with Crippen LogP contribution in [0.3, 0.4) is 0 Å². The summed E-state index contributed by atoms with van der Waals surface area (Å²) >= 11 is 0. The molecule has 0 aliphatic carbocycles. The van der Waals surface area contributed by atoms with Crippen LogP contribution < -0.4 is 5.32 Å². The Labute approximate surface area is 108 Å². The van der Waals surface area contributed by atoms with Gasteiger partial charge in [0.15, 0.2) is 11.6 Å². The SMILES string of the molecule is CC(NC1CCS(=O)CC1)c1ccc(F)c(F)c1. The Morgan fingerprint density at radius 2 is 1.94 bits per heavy atom. The number of nitrogens with one attached hydrogen (secondary N) is 1. The van der Waals surface area contributed by atoms with Crippen molar-refractivity contribution in [1.29, 1.82) is 0 Å². The summed E-state index contributed by atoms with van der Waals surface area (Å²) in [6.07, 6.45) is 1.75. The number of hydrogen-bond acceptors (Lipinski definition) is 2. The van der Waals surface area contributed by atoms with Gasteiger partial charge in [0.25, 0.3) is 0 Å². The van der Waals surface area contributed by atoms with Crippen molar-refractivity contribution in [2.45, 2.75) is 31.8 Å². The Bertz CT molecular complexity index is 443. The predicted octanol–water partition coefficient (Wildman–Crippen LogP) is 2.53. The second-order valence-corrected chi connectivity index (χ2v) is 6.38. The van der Waals surface area contributed by atoms with Crippen LogP contribution in [-0.2, 0) is 10.8 Å². The highest BCUT2D eigenvalue weighted by atomic mass is 32.2. The third-order valence-electron chi connectivity index (χ3n) is 3.32. The van der Waals surface area contributed by atoms with Crippen molar-refractivity contribution in [1.82, 2.24) is 5.32 Å². The van der Waals surface area contributed by atoms with E-state index >= 15 is 0 Å². The predicted molar refractivity (Wildman–Crippen MR) is 68.8 cm³/mol. The van der Waals surface area contributed by atoms with Gasteiger partial charge in [0.05, 0.1) is 0 Å². The number of rotatable bonds is 3. The summed E-state index contributed by atoms with van der Waals surface area (Å²) in [5.41, 5.74) is 0.737. The lowest BCUT2D eigenvalue weighted by Crippen LogP contribution is -2.37. The summed E-state index contributed by atoms with van der Waals surface area (Å²) in [5, 5.41) is 3.38. The minimum Gasteiger partial charge on any atom is -0.307 e. The Morgan fingerprint density at radius 1 is 1.28 bits per heavy atom. The zero-order valence-electron chi connectivity index (χ0n) is 10.3. The average Bonchev–Trinajstić information content (AvgIpc) is 2.35. The molecule has 1 aliphatic heterocycles. The molecule has 1 atom stereocenters. The maximum absolute atomic E-state index is 13.1. The molecule has 100 valence electrons. The summed E-state index contributed by atoms with van der Waals surface area (Å²) in [6.45, 7) is 1.93. The molecule has 1 aromatic carbocycles. The summed E-state index contributed by atoms with van der Waals surface area (Å²) in [4.78, 5) is 0. The third kappa shape index (κ3) is 3.36. The standard InChI is InChI=1S/C13H17F2NOS/c1-9(10-2-3-12(14)13(15)8-10)16-11-4-6-18(17)7-5-11/h2-3,8-9,11,16H,4-7H2,1H3. The van der Waals surface area contributed by atoms with Crippen molar-refractivity contribution in [2.75, 3.05) is 11.5 Å². The molecule has 1 fully saturated rings. The molecule has 18 heavy (non-hydrogen) atoms. The van der Waals surface area contributed by atoms with Crippen LogP contribution in [0.15, 0.2) is 18.2 Å². The van der Waals surface area contributed by atoms with Gasteiger partial charge in [-0.3, -0.25) is 4.21 Å². The van der Waals surface area contributed by atoms with E-state index in [-0.39, 0.29) is 6.04 Å². The minimum absolute atomic E-state index is 0.0309. The maximum Gasteiger partial charge on any atom is 0.159 e. The second kappa shape index (κ2) is 5.89. The molecule has 1 saturated heterocycles. The molecule has 1 aliphatic rings. The quantitative estimate of drug-likeness (QED) is 0.917. The molecule has 2 rings (SSSR count). The van der Waals surface area contributed by atoms with Crippen LogP contribution in [0.25, 0.3) is 0 Å². The average molecular weight is 273 g/mol. The van der Waals surface area contributed by atoms with Crippen LogP contribution in [0.5, 0.6) is 0 Å². The van der Waals surface area contributed by atoms with E-state index in [4.69, 9.17) is 0 Å². The van der Waals surface area contributed by atoms with Crippen LogP contribution in [-0.4, -0.2) is 21.8 Å². The number of hydrogen-bond donors (Lipinski definition) is 1. The molecule has 0 spiro atoms. The van der Waals surface area contributed by atoms with E-state index in [9.17, 15) is 13.0 Å². The minimum atomic E-state index is -0.820. The largest absolute Gasteiger partial charge is 0.307 e. The molecule has 0 bridgehead atoms. The summed E-state index contributed by atoms with van der Waals surface area (Å²) in [6, 6.07) is 4.26. The van der Waals surface area contributed by atoms with Gasteiger partial charge in [-0.1, -0.05) is 6.07 Å². The van der Waals surface area contributed by atoms with Gasteiger partial charge >= 0.3 is 0 Å². The fraction of sp³-hybridized carbons (Fsp3) is 0.538. The topological polar surface area (TPSA) is 29.1 Å². The van der Waals surface area contributed by atoms with E-state index in [1.165, 1.54) is 6.07 Å². The first-order valence-corrected chi connectivity index (χ1v) is 7.61. The molecule has 5 heteroatoms. The fourth-order valence-electron chi connectivity index (χ4n) is 2.19. The van der Waals surface area contributed by atoms with E-state index in [0.29, 0.717) is 6.04 Å². The van der Waals surface area contributed by atoms with Crippen LogP contribution in [0, 0.1) is 11.6 Å². The van der Waals surface area contributed by atoms with Crippen molar-refractivity contribution in [3.05, 3.63) is 35.4 Å². The molecule has 0 radical (unpaired) electrons. The molecular formula is C13H17F2NOS. The lowest BCUT2D eigenvalue weighted by molar-refractivity contribution is 0.424. The van der Waals surface area contributed by atoms with Crippen LogP contribution in [0.1, 0.15) is 31.4 Å². The number of benzene rings is 1. The Kier molecular flexibility index (Phi) is 4.45. The summed E-state index contributed by atoms with van der Waals surface area (Å²) in [7, 11) is -0.677. The van der Waals surface area contributed by atoms with E-state index in [1.807, 2.05) is 6.92 Å². The van der Waals surface area contributed by atoms with Gasteiger partial charge in [-0.2, -0.15) is 0 Å². The molecule has 0 aromatic heterocycles. The van der Waals surface area contributed by atoms with Crippen molar-refractivity contribution in [3.8, 4) is 0 Å². The van der Waals surface area contributed by atoms with Gasteiger partial charge in [-0.25, -0.2) is 8.78 Å². The summed E-state index contributed by atoms with van der Waals surface area (Å²) in [5.74, 6) is -0.186. The van der Waals surface area contributed by atoms with Crippen LogP contribution in [0.2, 0.25) is 0 Å². The van der Waals surface area contributed by atoms with E-state index in [1.54, 1.807) is 6.07 Å². The van der Waals surface area contributed by atoms with Crippen LogP contribution in [0.4, 0.5) is 8.78 Å². The Hall–Kier alpha value is -0.810. The highest BCUT2D eigenvalue weighted by Crippen LogP contribution is 2.19. The fourth-order valence-corrected chi connectivity index (χ4v) is 3.49. The van der Waals surface area contributed by atoms with E-state index < -0.39 is 22.4 Å². The van der Waals surface area contributed by atoms with E-state index in [0.717, 1.165) is 36.0 Å². The molecule has 2 nitrogen and oxygen atoms in total. The molecular weight excluding hydrogens is 256 g/mol. The third-order valence-corrected chi connectivity index (χ3v) is 4.70. The molecule has 1 aromatic rings. The second-order valence-electron chi connectivity index (χ2n) is 4.68. The Balaban J connectivity index is 1.96. The van der Waals surface area contributed by atoms with Gasteiger partial charge in [-0.05, 0) is 37.5 Å². The van der Waals surface area contributed by atoms with Crippen LogP contribution >= 0.6 is 0 Å². The smallest absolute Gasteiger partial charge is 0.159 e. The molecule has 0 saturated carbocycles. The zero-order chi connectivity index (χ0) is 13.1. The molecule has 1 N–H and O–H groups in total. The highest BCUT2D eigenvalue weighted by Gasteiger charge is 2.20. The van der Waals surface area contributed by atoms with Crippen molar-refractivity contribution in [2.24, 2.45) is 0 Å². The first-order valence-electron chi connectivity index (χ1n) is 6.12. The Morgan fingerprint density at radius 3 is 2.56 bits per heavy atom. The summed E-state index contributed by atoms with van der Waals surface area (Å²) < 4.78 is 37.2. The maximum atomic E-state index is 13.1. The normalized spacial score (nSPS) is 25.9. The zero-order valence-corrected chi connectivity index (χ0v) is 11.1. The monoisotopic (exact) mass is 273 g/mol. The van der Waals surface area contributed by atoms with Crippen molar-refractivity contribution < 1.29 is 13.0 Å². The van der Waals surface area contributed by atoms with Crippen molar-refractivity contribution >= 4 is 10.8 Å². The van der Waals surface area contributed by atoms with Crippen molar-refractivity contribution in [3.63, 3.8) is 0 Å². The van der Waals surface area contributed by atoms with Gasteiger partial charge < -0.3 is 5.32 Å². The molecule has 1 heterocycles. The lowest BCUT2D eigenvalue weighted by atomic mass is 10.1. The molecule has 0 amide bonds. The first-order chi connectivity index (χ1) is 8.56. The number of halogens is 2. The first kappa shape index (κ1) is 13.6. The van der Waals surface area contributed by atoms with E-state index in [2.05, 4.69) is 5.32 Å². The van der Waals surface area contributed by atoms with Gasteiger partial charge in [0.1, 0.15) is 0 Å². The van der Waals surface area contributed by atoms with Gasteiger partial charge in [-0.15, -0.1) is 0 Å². The molecule has 1 unspecified atom stereocenters. The highest BCUT2D eigenvalue weighted by molar-refractivity contribution is 7.85. The van der Waals surface area contributed by atoms with Gasteiger partial charge in [0, 0.05) is 34.4 Å².